The summed E-state index contributed by atoms with van der Waals surface area (Å²) < 4.78 is 10.2. The minimum Gasteiger partial charge on any atom is -0.495 e. The summed E-state index contributed by atoms with van der Waals surface area (Å²) in [5, 5.41) is 4.57. The van der Waals surface area contributed by atoms with E-state index < -0.39 is 0 Å². The van der Waals surface area contributed by atoms with Crippen LogP contribution in [0.4, 0.5) is 0 Å². The fraction of sp³-hybridized carbons (Fsp3) is 0.182. The third-order valence-corrected chi connectivity index (χ3v) is 3.02. The molecule has 2 rings (SSSR count). The van der Waals surface area contributed by atoms with E-state index >= 15 is 0 Å². The number of nitrogens with zero attached hydrogens (tertiary/aromatic N) is 1. The van der Waals surface area contributed by atoms with Gasteiger partial charge in [0.2, 0.25) is 0 Å². The van der Waals surface area contributed by atoms with Gasteiger partial charge >= 0.3 is 0 Å². The molecule has 0 aliphatic heterocycles. The van der Waals surface area contributed by atoms with E-state index in [-0.39, 0.29) is 0 Å². The van der Waals surface area contributed by atoms with Crippen LogP contribution >= 0.6 is 23.2 Å². The first kappa shape index (κ1) is 11.3. The van der Waals surface area contributed by atoms with Gasteiger partial charge in [0.25, 0.3) is 0 Å². The summed E-state index contributed by atoms with van der Waals surface area (Å²) in [7, 11) is 1.54. The normalized spacial score (nSPS) is 10.5. The van der Waals surface area contributed by atoms with Gasteiger partial charge in [0.15, 0.2) is 5.76 Å². The second-order valence-corrected chi connectivity index (χ2v) is 4.03. The Morgan fingerprint density at radius 2 is 2.00 bits per heavy atom. The first-order valence-electron chi connectivity index (χ1n) is 4.59. The summed E-state index contributed by atoms with van der Waals surface area (Å²) >= 11 is 12.2. The van der Waals surface area contributed by atoms with Crippen LogP contribution in [0, 0.1) is 6.92 Å². The molecular formula is C11H9Cl2NO2. The summed E-state index contributed by atoms with van der Waals surface area (Å²) in [6.45, 7) is 1.84. The number of benzene rings is 1. The lowest BCUT2D eigenvalue weighted by Crippen LogP contribution is -1.86. The van der Waals surface area contributed by atoms with Crippen molar-refractivity contribution in [1.29, 1.82) is 0 Å². The van der Waals surface area contributed by atoms with E-state index in [2.05, 4.69) is 5.16 Å². The van der Waals surface area contributed by atoms with E-state index in [9.17, 15) is 0 Å². The highest BCUT2D eigenvalue weighted by molar-refractivity contribution is 6.44. The van der Waals surface area contributed by atoms with Gasteiger partial charge in [-0.1, -0.05) is 28.4 Å². The predicted molar refractivity (Wildman–Crippen MR) is 63.2 cm³/mol. The molecule has 1 aromatic carbocycles. The van der Waals surface area contributed by atoms with E-state index in [0.29, 0.717) is 27.1 Å². The van der Waals surface area contributed by atoms with Crippen LogP contribution in [0.5, 0.6) is 5.75 Å². The van der Waals surface area contributed by atoms with Crippen molar-refractivity contribution in [3.05, 3.63) is 33.9 Å². The Kier molecular flexibility index (Phi) is 3.08. The number of methoxy groups -OCH3 is 1. The molecule has 0 atom stereocenters. The lowest BCUT2D eigenvalue weighted by Gasteiger charge is -2.06. The predicted octanol–water partition coefficient (Wildman–Crippen LogP) is 3.97. The van der Waals surface area contributed by atoms with Gasteiger partial charge in [-0.2, -0.15) is 0 Å². The summed E-state index contributed by atoms with van der Waals surface area (Å²) in [4.78, 5) is 0. The molecule has 1 aromatic heterocycles. The molecular weight excluding hydrogens is 249 g/mol. The Balaban J connectivity index is 2.55. The second kappa shape index (κ2) is 4.36. The van der Waals surface area contributed by atoms with Crippen molar-refractivity contribution in [2.75, 3.05) is 7.11 Å². The van der Waals surface area contributed by atoms with Crippen molar-refractivity contribution in [2.45, 2.75) is 6.92 Å². The van der Waals surface area contributed by atoms with Crippen LogP contribution in [0.15, 0.2) is 22.7 Å². The highest BCUT2D eigenvalue weighted by atomic mass is 35.5. The summed E-state index contributed by atoms with van der Waals surface area (Å²) in [6, 6.07) is 5.32. The van der Waals surface area contributed by atoms with E-state index in [4.69, 9.17) is 32.5 Å². The average Bonchev–Trinajstić information content (AvgIpc) is 2.69. The molecule has 0 aliphatic rings. The standard InChI is InChI=1S/C11H9Cl2NO2/c1-6-5-9(16-14-6)7-3-4-8(15-2)11(13)10(7)12/h3-5H,1-2H3. The molecule has 0 aliphatic carbocycles. The Hall–Kier alpha value is -1.19. The van der Waals surface area contributed by atoms with E-state index in [1.807, 2.05) is 6.92 Å². The fourth-order valence-electron chi connectivity index (χ4n) is 1.37. The van der Waals surface area contributed by atoms with Crippen molar-refractivity contribution in [1.82, 2.24) is 5.16 Å². The molecule has 0 bridgehead atoms. The highest BCUT2D eigenvalue weighted by Gasteiger charge is 2.14. The van der Waals surface area contributed by atoms with Gasteiger partial charge < -0.3 is 9.26 Å². The largest absolute Gasteiger partial charge is 0.495 e. The first-order chi connectivity index (χ1) is 7.63. The van der Waals surface area contributed by atoms with Gasteiger partial charge in [0, 0.05) is 11.6 Å². The maximum atomic E-state index is 6.12. The lowest BCUT2D eigenvalue weighted by molar-refractivity contribution is 0.414. The van der Waals surface area contributed by atoms with Gasteiger partial charge in [0.1, 0.15) is 10.8 Å². The number of aromatic nitrogens is 1. The third kappa shape index (κ3) is 1.88. The third-order valence-electron chi connectivity index (χ3n) is 2.16. The van der Waals surface area contributed by atoms with Gasteiger partial charge in [-0.3, -0.25) is 0 Å². The topological polar surface area (TPSA) is 35.3 Å². The number of ether oxygens (including phenoxy) is 1. The van der Waals surface area contributed by atoms with Gasteiger partial charge in [0.05, 0.1) is 17.8 Å². The van der Waals surface area contributed by atoms with Crippen molar-refractivity contribution in [3.8, 4) is 17.1 Å². The molecule has 0 spiro atoms. The molecule has 2 aromatic rings. The van der Waals surface area contributed by atoms with Crippen LogP contribution in [0.1, 0.15) is 5.69 Å². The molecule has 1 heterocycles. The smallest absolute Gasteiger partial charge is 0.168 e. The molecule has 84 valence electrons. The molecule has 0 amide bonds. The molecule has 16 heavy (non-hydrogen) atoms. The molecule has 0 N–H and O–H groups in total. The molecule has 5 heteroatoms. The Bertz CT molecular complexity index is 523. The molecule has 0 saturated carbocycles. The minimum absolute atomic E-state index is 0.371. The lowest BCUT2D eigenvalue weighted by atomic mass is 10.1. The van der Waals surface area contributed by atoms with Gasteiger partial charge in [-0.25, -0.2) is 0 Å². The van der Waals surface area contributed by atoms with E-state index in [1.165, 1.54) is 7.11 Å². The van der Waals surface area contributed by atoms with Crippen LogP contribution in [0.2, 0.25) is 10.0 Å². The zero-order chi connectivity index (χ0) is 11.7. The summed E-state index contributed by atoms with van der Waals surface area (Å²) in [5.41, 5.74) is 1.49. The van der Waals surface area contributed by atoms with E-state index in [1.54, 1.807) is 18.2 Å². The van der Waals surface area contributed by atoms with Crippen molar-refractivity contribution < 1.29 is 9.26 Å². The molecule has 3 nitrogen and oxygen atoms in total. The SMILES string of the molecule is COc1ccc(-c2cc(C)no2)c(Cl)c1Cl. The summed E-state index contributed by atoms with van der Waals surface area (Å²) in [6.07, 6.45) is 0. The van der Waals surface area contributed by atoms with Crippen LogP contribution in [-0.4, -0.2) is 12.3 Å². The van der Waals surface area contributed by atoms with Crippen LogP contribution in [0.25, 0.3) is 11.3 Å². The van der Waals surface area contributed by atoms with Crippen LogP contribution in [0.3, 0.4) is 0 Å². The maximum absolute atomic E-state index is 6.12. The van der Waals surface area contributed by atoms with Crippen LogP contribution in [-0.2, 0) is 0 Å². The Morgan fingerprint density at radius 1 is 1.25 bits per heavy atom. The van der Waals surface area contributed by atoms with Crippen molar-refractivity contribution >= 4 is 23.2 Å². The molecule has 0 saturated heterocycles. The number of hydrogen-bond donors (Lipinski definition) is 0. The number of aryl methyl sites for hydroxylation is 1. The number of hydrogen-bond acceptors (Lipinski definition) is 3. The van der Waals surface area contributed by atoms with E-state index in [0.717, 1.165) is 5.69 Å². The molecule has 0 radical (unpaired) electrons. The quantitative estimate of drug-likeness (QED) is 0.817. The van der Waals surface area contributed by atoms with Gasteiger partial charge in [-0.15, -0.1) is 0 Å². The monoisotopic (exact) mass is 257 g/mol. The zero-order valence-electron chi connectivity index (χ0n) is 8.75. The number of halogens is 2. The molecule has 0 fully saturated rings. The van der Waals surface area contributed by atoms with Crippen LogP contribution < -0.4 is 4.74 Å². The molecule has 0 unspecified atom stereocenters. The Labute approximate surface area is 103 Å². The first-order valence-corrected chi connectivity index (χ1v) is 5.34. The Morgan fingerprint density at radius 3 is 2.56 bits per heavy atom. The fourth-order valence-corrected chi connectivity index (χ4v) is 1.86. The zero-order valence-corrected chi connectivity index (χ0v) is 10.3. The average molecular weight is 258 g/mol. The van der Waals surface area contributed by atoms with Gasteiger partial charge in [-0.05, 0) is 19.1 Å². The maximum Gasteiger partial charge on any atom is 0.168 e. The van der Waals surface area contributed by atoms with Crippen molar-refractivity contribution in [3.63, 3.8) is 0 Å². The minimum atomic E-state index is 0.371. The second-order valence-electron chi connectivity index (χ2n) is 3.28. The number of rotatable bonds is 2. The van der Waals surface area contributed by atoms with Crippen molar-refractivity contribution in [2.24, 2.45) is 0 Å². The highest BCUT2D eigenvalue weighted by Crippen LogP contribution is 2.39. The summed E-state index contributed by atoms with van der Waals surface area (Å²) in [5.74, 6) is 1.12.